The van der Waals surface area contributed by atoms with E-state index < -0.39 is 54.8 Å². The first kappa shape index (κ1) is 26.1. The van der Waals surface area contributed by atoms with Crippen LogP contribution in [0.1, 0.15) is 47.9 Å². The molecule has 1 aromatic heterocycles. The van der Waals surface area contributed by atoms with Crippen molar-refractivity contribution in [3.05, 3.63) is 70.4 Å². The Labute approximate surface area is 210 Å². The van der Waals surface area contributed by atoms with Crippen molar-refractivity contribution in [1.82, 2.24) is 14.8 Å². The van der Waals surface area contributed by atoms with Crippen molar-refractivity contribution in [2.45, 2.75) is 44.1 Å². The third-order valence-electron chi connectivity index (χ3n) is 7.64. The van der Waals surface area contributed by atoms with Crippen LogP contribution in [0.4, 0.5) is 26.3 Å². The number of aromatic amines is 1. The number of aromatic nitrogens is 1. The number of para-hydroxylation sites is 1. The minimum atomic E-state index is -4.57. The fraction of sp³-hybridized carbons (Fsp3) is 0.481. The highest BCUT2D eigenvalue weighted by Gasteiger charge is 2.44. The lowest BCUT2D eigenvalue weighted by atomic mass is 9.85. The zero-order chi connectivity index (χ0) is 26.5. The van der Waals surface area contributed by atoms with Crippen LogP contribution >= 0.6 is 0 Å². The second-order valence-electron chi connectivity index (χ2n) is 10.2. The quantitative estimate of drug-likeness (QED) is 0.391. The Morgan fingerprint density at radius 1 is 1.11 bits per heavy atom. The van der Waals surface area contributed by atoms with Gasteiger partial charge in [-0.15, -0.1) is 0 Å². The van der Waals surface area contributed by atoms with E-state index in [2.05, 4.69) is 4.98 Å². The van der Waals surface area contributed by atoms with Gasteiger partial charge < -0.3 is 15.0 Å². The number of halogens is 6. The lowest BCUT2D eigenvalue weighted by Gasteiger charge is -2.42. The fourth-order valence-corrected chi connectivity index (χ4v) is 5.85. The predicted molar refractivity (Wildman–Crippen MR) is 128 cm³/mol. The van der Waals surface area contributed by atoms with E-state index >= 15 is 8.78 Å². The molecular formula is C27H29F6N3O. The molecule has 37 heavy (non-hydrogen) atoms. The molecule has 0 amide bonds. The predicted octanol–water partition coefficient (Wildman–Crippen LogP) is 5.67. The molecule has 0 spiro atoms. The normalized spacial score (nSPS) is 22.3. The maximum absolute atomic E-state index is 15.6. The number of hydrogen-bond donors (Lipinski definition) is 2. The number of aliphatic hydroxyl groups is 1. The van der Waals surface area contributed by atoms with Gasteiger partial charge in [0.1, 0.15) is 11.6 Å². The summed E-state index contributed by atoms with van der Waals surface area (Å²) < 4.78 is 84.5. The van der Waals surface area contributed by atoms with Gasteiger partial charge in [0, 0.05) is 53.8 Å². The Morgan fingerprint density at radius 2 is 1.78 bits per heavy atom. The number of H-pyrrole nitrogens is 1. The summed E-state index contributed by atoms with van der Waals surface area (Å²) in [4.78, 5) is 6.16. The number of aliphatic hydroxyl groups excluding tert-OH is 1. The molecule has 3 atom stereocenters. The van der Waals surface area contributed by atoms with Gasteiger partial charge in [0.05, 0.1) is 25.4 Å². The Morgan fingerprint density at radius 3 is 2.43 bits per heavy atom. The summed E-state index contributed by atoms with van der Waals surface area (Å²) in [5.41, 5.74) is 1.35. The summed E-state index contributed by atoms with van der Waals surface area (Å²) in [6, 6.07) is 7.33. The van der Waals surface area contributed by atoms with Crippen molar-refractivity contribution < 1.29 is 31.4 Å². The highest BCUT2D eigenvalue weighted by atomic mass is 19.4. The lowest BCUT2D eigenvalue weighted by molar-refractivity contribution is -0.155. The van der Waals surface area contributed by atoms with Crippen molar-refractivity contribution in [2.24, 2.45) is 5.92 Å². The second kappa shape index (κ2) is 9.96. The summed E-state index contributed by atoms with van der Waals surface area (Å²) >= 11 is 0. The largest absolute Gasteiger partial charge is 0.401 e. The lowest BCUT2D eigenvalue weighted by Crippen LogP contribution is -2.49. The van der Waals surface area contributed by atoms with E-state index in [1.54, 1.807) is 19.1 Å². The maximum atomic E-state index is 15.6. The van der Waals surface area contributed by atoms with Crippen LogP contribution in [0.3, 0.4) is 0 Å². The summed E-state index contributed by atoms with van der Waals surface area (Å²) in [6.45, 7) is 1.36. The number of rotatable bonds is 7. The Hall–Kier alpha value is -2.56. The smallest absolute Gasteiger partial charge is 0.388 e. The van der Waals surface area contributed by atoms with Crippen molar-refractivity contribution in [3.63, 3.8) is 0 Å². The summed E-state index contributed by atoms with van der Waals surface area (Å²) in [5, 5.41) is 11.6. The maximum Gasteiger partial charge on any atom is 0.401 e. The van der Waals surface area contributed by atoms with Gasteiger partial charge >= 0.3 is 6.18 Å². The molecule has 2 aromatic carbocycles. The van der Waals surface area contributed by atoms with Gasteiger partial charge in [-0.1, -0.05) is 18.2 Å². The van der Waals surface area contributed by atoms with Gasteiger partial charge in [0.25, 0.3) is 0 Å². The Bertz CT molecular complexity index is 1250. The highest BCUT2D eigenvalue weighted by molar-refractivity contribution is 5.85. The van der Waals surface area contributed by atoms with Crippen molar-refractivity contribution in [1.29, 1.82) is 0 Å². The van der Waals surface area contributed by atoms with Crippen molar-refractivity contribution in [3.8, 4) is 0 Å². The summed E-state index contributed by atoms with van der Waals surface area (Å²) in [6.07, 6.45) is -5.03. The number of nitrogens with zero attached hydrogens (tertiary/aromatic N) is 2. The van der Waals surface area contributed by atoms with Crippen molar-refractivity contribution in [2.75, 3.05) is 32.9 Å². The minimum absolute atomic E-state index is 0.0389. The molecule has 1 saturated heterocycles. The van der Waals surface area contributed by atoms with Crippen LogP contribution in [-0.2, 0) is 6.42 Å². The van der Waals surface area contributed by atoms with Crippen LogP contribution in [0.5, 0.6) is 0 Å². The number of hydrogen-bond acceptors (Lipinski definition) is 3. The first-order valence-electron chi connectivity index (χ1n) is 12.4. The molecule has 0 bridgehead atoms. The van der Waals surface area contributed by atoms with Crippen LogP contribution in [0.15, 0.2) is 36.4 Å². The van der Waals surface area contributed by atoms with Crippen LogP contribution < -0.4 is 0 Å². The number of likely N-dealkylation sites (tertiary alicyclic amines) is 1. The molecule has 0 saturated carbocycles. The molecule has 3 aromatic rings. The average Bonchev–Trinajstić information content (AvgIpc) is 3.16. The third kappa shape index (κ3) is 4.98. The molecule has 200 valence electrons. The van der Waals surface area contributed by atoms with Crippen LogP contribution in [-0.4, -0.2) is 65.0 Å². The van der Waals surface area contributed by atoms with E-state index in [1.807, 2.05) is 17.0 Å². The van der Waals surface area contributed by atoms with E-state index in [4.69, 9.17) is 0 Å². The van der Waals surface area contributed by atoms with Crippen LogP contribution in [0.25, 0.3) is 10.9 Å². The standard InChI is InChI=1S/C27H29F6N3O/c1-15-9-19-18-5-2-3-6-22(18)34-24(19)25(36(15)14-27(31,32)33)23-20(29)10-16(11-21(23)30)26(37)17-12-35(13-17)8-4-7-28/h2-3,5-6,10-11,15,17,25-26,34,37H,4,7-9,12-14H2,1H3/t15-,25-,26+/m1/s1. The molecule has 2 aliphatic heterocycles. The highest BCUT2D eigenvalue weighted by Crippen LogP contribution is 2.44. The monoisotopic (exact) mass is 525 g/mol. The average molecular weight is 526 g/mol. The van der Waals surface area contributed by atoms with E-state index in [-0.39, 0.29) is 11.5 Å². The first-order chi connectivity index (χ1) is 17.6. The van der Waals surface area contributed by atoms with E-state index in [0.29, 0.717) is 43.7 Å². The SMILES string of the molecule is C[C@@H]1Cc2c([nH]c3ccccc23)[C@@H](c2c(F)cc([C@H](O)C3CN(CCCF)C3)cc2F)N1CC(F)(F)F. The Balaban J connectivity index is 1.52. The van der Waals surface area contributed by atoms with Crippen LogP contribution in [0.2, 0.25) is 0 Å². The van der Waals surface area contributed by atoms with E-state index in [1.165, 1.54) is 0 Å². The van der Waals surface area contributed by atoms with Gasteiger partial charge in [-0.2, -0.15) is 13.2 Å². The molecular weight excluding hydrogens is 496 g/mol. The summed E-state index contributed by atoms with van der Waals surface area (Å²) in [7, 11) is 0. The minimum Gasteiger partial charge on any atom is -0.388 e. The molecule has 1 fully saturated rings. The Kier molecular flexibility index (Phi) is 7.02. The van der Waals surface area contributed by atoms with E-state index in [0.717, 1.165) is 28.0 Å². The van der Waals surface area contributed by atoms with Gasteiger partial charge in [0.15, 0.2) is 0 Å². The van der Waals surface area contributed by atoms with Crippen LogP contribution in [0, 0.1) is 17.6 Å². The zero-order valence-electron chi connectivity index (χ0n) is 20.3. The molecule has 0 unspecified atom stereocenters. The summed E-state index contributed by atoms with van der Waals surface area (Å²) in [5.74, 6) is -2.27. The molecule has 4 nitrogen and oxygen atoms in total. The molecule has 3 heterocycles. The number of benzene rings is 2. The number of alkyl halides is 4. The fourth-order valence-electron chi connectivity index (χ4n) is 5.85. The molecule has 2 N–H and O–H groups in total. The first-order valence-corrected chi connectivity index (χ1v) is 12.4. The second-order valence-corrected chi connectivity index (χ2v) is 10.2. The number of nitrogens with one attached hydrogen (secondary N) is 1. The molecule has 10 heteroatoms. The van der Waals surface area contributed by atoms with Gasteiger partial charge in [-0.25, -0.2) is 8.78 Å². The molecule has 5 rings (SSSR count). The number of fused-ring (bicyclic) bond motifs is 3. The molecule has 0 radical (unpaired) electrons. The third-order valence-corrected chi connectivity index (χ3v) is 7.64. The van der Waals surface area contributed by atoms with E-state index in [9.17, 15) is 22.7 Å². The molecule has 2 aliphatic rings. The zero-order valence-corrected chi connectivity index (χ0v) is 20.3. The van der Waals surface area contributed by atoms with Gasteiger partial charge in [0.2, 0.25) is 0 Å². The van der Waals surface area contributed by atoms with Crippen molar-refractivity contribution >= 4 is 10.9 Å². The van der Waals surface area contributed by atoms with Gasteiger partial charge in [-0.3, -0.25) is 9.29 Å². The van der Waals surface area contributed by atoms with Gasteiger partial charge in [-0.05, 0) is 49.1 Å². The molecule has 0 aliphatic carbocycles. The topological polar surface area (TPSA) is 42.5 Å².